The van der Waals surface area contributed by atoms with Gasteiger partial charge in [-0.05, 0) is 79.7 Å². The summed E-state index contributed by atoms with van der Waals surface area (Å²) < 4.78 is 0. The van der Waals surface area contributed by atoms with Crippen LogP contribution in [-0.4, -0.2) is 59.0 Å². The van der Waals surface area contributed by atoms with Crippen molar-refractivity contribution in [3.8, 4) is 6.07 Å². The van der Waals surface area contributed by atoms with Crippen molar-refractivity contribution >= 4 is 29.3 Å². The predicted molar refractivity (Wildman–Crippen MR) is 156 cm³/mol. The van der Waals surface area contributed by atoms with Gasteiger partial charge in [0.1, 0.15) is 17.5 Å². The Balaban J connectivity index is 1.07. The number of hydrogen-bond acceptors (Lipinski definition) is 8. The van der Waals surface area contributed by atoms with E-state index in [2.05, 4.69) is 32.0 Å². The minimum absolute atomic E-state index is 0.199. The minimum atomic E-state index is 0.199. The molecule has 3 unspecified atom stereocenters. The normalized spacial score (nSPS) is 29.3. The Morgan fingerprint density at radius 3 is 2.62 bits per heavy atom. The van der Waals surface area contributed by atoms with Gasteiger partial charge in [-0.3, -0.25) is 4.79 Å². The average molecular weight is 563 g/mol. The second-order valence-corrected chi connectivity index (χ2v) is 12.9. The molecule has 40 heavy (non-hydrogen) atoms. The molecule has 5 N–H and O–H groups in total. The van der Waals surface area contributed by atoms with Crippen LogP contribution in [-0.2, 0) is 11.3 Å². The van der Waals surface area contributed by atoms with Crippen LogP contribution < -0.4 is 21.7 Å². The maximum atomic E-state index is 12.9. The minimum Gasteiger partial charge on any atom is -0.368 e. The van der Waals surface area contributed by atoms with Gasteiger partial charge in [0.05, 0.1) is 12.7 Å². The standard InChI is InChI=1S/C30H39ClN8O/c31-25-4-2-1-3-20(25)15-35-29-36-16-23(14-32)28(38-29)37-18-30-11-19-9-21(12-30)27(22(10-19)13-30)34-17-26(40)39-7-5-24(33)6-8-39/h1-4,16,19,21-22,24,27,34H,5-13,15,17-18,33H2,(H2,35,36,37,38)/t19?,21-,22+,27?,30?. The molecule has 4 aliphatic carbocycles. The van der Waals surface area contributed by atoms with Crippen LogP contribution in [0.4, 0.5) is 11.8 Å². The molecule has 4 bridgehead atoms. The molecule has 4 saturated carbocycles. The van der Waals surface area contributed by atoms with Crippen LogP contribution in [0.2, 0.25) is 5.02 Å². The lowest BCUT2D eigenvalue weighted by molar-refractivity contribution is -0.132. The van der Waals surface area contributed by atoms with Crippen molar-refractivity contribution in [2.75, 3.05) is 36.8 Å². The van der Waals surface area contributed by atoms with Crippen molar-refractivity contribution < 1.29 is 4.79 Å². The molecule has 5 atom stereocenters. The Kier molecular flexibility index (Phi) is 7.84. The second kappa shape index (κ2) is 11.5. The highest BCUT2D eigenvalue weighted by Crippen LogP contribution is 2.60. The molecule has 2 aromatic rings. The molecule has 1 aliphatic heterocycles. The highest BCUT2D eigenvalue weighted by molar-refractivity contribution is 6.31. The number of benzene rings is 1. The Morgan fingerprint density at radius 2 is 1.90 bits per heavy atom. The molecular formula is C30H39ClN8O. The fraction of sp³-hybridized carbons (Fsp3) is 0.600. The lowest BCUT2D eigenvalue weighted by Crippen LogP contribution is -2.60. The third-order valence-electron chi connectivity index (χ3n) is 9.72. The molecule has 0 radical (unpaired) electrons. The lowest BCUT2D eigenvalue weighted by atomic mass is 9.48. The number of hydrogen-bond donors (Lipinski definition) is 4. The van der Waals surface area contributed by atoms with Crippen LogP contribution in [0.15, 0.2) is 30.5 Å². The van der Waals surface area contributed by atoms with E-state index in [0.29, 0.717) is 53.3 Å². The van der Waals surface area contributed by atoms with Gasteiger partial charge in [-0.15, -0.1) is 0 Å². The van der Waals surface area contributed by atoms with E-state index in [1.165, 1.54) is 19.3 Å². The summed E-state index contributed by atoms with van der Waals surface area (Å²) in [5.74, 6) is 3.18. The largest absolute Gasteiger partial charge is 0.368 e. The quantitative estimate of drug-likeness (QED) is 0.363. The summed E-state index contributed by atoms with van der Waals surface area (Å²) in [6.45, 7) is 3.29. The van der Waals surface area contributed by atoms with Gasteiger partial charge >= 0.3 is 0 Å². The number of amides is 1. The van der Waals surface area contributed by atoms with Crippen LogP contribution >= 0.6 is 11.6 Å². The molecular weight excluding hydrogens is 524 g/mol. The Morgan fingerprint density at radius 1 is 1.15 bits per heavy atom. The molecule has 0 spiro atoms. The smallest absolute Gasteiger partial charge is 0.236 e. The van der Waals surface area contributed by atoms with Crippen molar-refractivity contribution in [1.82, 2.24) is 20.2 Å². The fourth-order valence-corrected chi connectivity index (χ4v) is 8.18. The Labute approximate surface area is 241 Å². The van der Waals surface area contributed by atoms with E-state index in [4.69, 9.17) is 17.3 Å². The molecule has 10 heteroatoms. The Hall–Kier alpha value is -2.93. The van der Waals surface area contributed by atoms with Crippen LogP contribution in [0, 0.1) is 34.5 Å². The predicted octanol–water partition coefficient (Wildman–Crippen LogP) is 3.76. The molecule has 5 fully saturated rings. The molecule has 1 saturated heterocycles. The van der Waals surface area contributed by atoms with E-state index in [-0.39, 0.29) is 17.4 Å². The van der Waals surface area contributed by atoms with Crippen molar-refractivity contribution in [1.29, 1.82) is 5.26 Å². The molecule has 9 nitrogen and oxygen atoms in total. The van der Waals surface area contributed by atoms with Gasteiger partial charge in [-0.1, -0.05) is 29.8 Å². The molecule has 1 aromatic heterocycles. The SMILES string of the molecule is N#Cc1cnc(NCc2ccccc2Cl)nc1NCC12CC3C[C@H](C1)C(NCC(=O)N1CCC(N)CC1)[C@@H](C3)C2. The van der Waals surface area contributed by atoms with E-state index in [9.17, 15) is 10.1 Å². The fourth-order valence-electron chi connectivity index (χ4n) is 7.98. The number of aromatic nitrogens is 2. The third kappa shape index (κ3) is 5.76. The van der Waals surface area contributed by atoms with Crippen molar-refractivity contribution in [2.24, 2.45) is 28.9 Å². The maximum absolute atomic E-state index is 12.9. The topological polar surface area (TPSA) is 132 Å². The zero-order valence-electron chi connectivity index (χ0n) is 22.9. The number of nitriles is 1. The average Bonchev–Trinajstić information content (AvgIpc) is 2.95. The van der Waals surface area contributed by atoms with Gasteiger partial charge < -0.3 is 26.6 Å². The highest BCUT2D eigenvalue weighted by atomic mass is 35.5. The first-order chi connectivity index (χ1) is 19.4. The number of carbonyl (C=O) groups is 1. The summed E-state index contributed by atoms with van der Waals surface area (Å²) in [5, 5.41) is 20.9. The van der Waals surface area contributed by atoms with Gasteiger partial charge in [0, 0.05) is 43.3 Å². The number of halogens is 1. The summed E-state index contributed by atoms with van der Waals surface area (Å²) in [7, 11) is 0. The van der Waals surface area contributed by atoms with Crippen molar-refractivity contribution in [3.63, 3.8) is 0 Å². The number of nitrogens with zero attached hydrogens (tertiary/aromatic N) is 4. The lowest BCUT2D eigenvalue weighted by Gasteiger charge is -2.60. The van der Waals surface area contributed by atoms with Gasteiger partial charge in [0.25, 0.3) is 0 Å². The molecule has 2 heterocycles. The first-order valence-corrected chi connectivity index (χ1v) is 15.0. The van der Waals surface area contributed by atoms with Gasteiger partial charge in [-0.2, -0.15) is 10.2 Å². The van der Waals surface area contributed by atoms with Gasteiger partial charge in [0.2, 0.25) is 11.9 Å². The molecule has 7 rings (SSSR count). The Bertz CT molecular complexity index is 1260. The van der Waals surface area contributed by atoms with E-state index in [1.807, 2.05) is 29.2 Å². The number of rotatable bonds is 9. The van der Waals surface area contributed by atoms with Gasteiger partial charge in [-0.25, -0.2) is 4.98 Å². The van der Waals surface area contributed by atoms with Crippen LogP contribution in [0.25, 0.3) is 0 Å². The van der Waals surface area contributed by atoms with Crippen molar-refractivity contribution in [3.05, 3.63) is 46.6 Å². The van der Waals surface area contributed by atoms with E-state index < -0.39 is 0 Å². The third-order valence-corrected chi connectivity index (χ3v) is 10.1. The molecule has 5 aliphatic rings. The maximum Gasteiger partial charge on any atom is 0.236 e. The number of carbonyl (C=O) groups excluding carboxylic acids is 1. The number of likely N-dealkylation sites (tertiary alicyclic amines) is 1. The van der Waals surface area contributed by atoms with E-state index in [0.717, 1.165) is 56.8 Å². The van der Waals surface area contributed by atoms with Crippen LogP contribution in [0.5, 0.6) is 0 Å². The molecule has 1 amide bonds. The molecule has 1 aromatic carbocycles. The van der Waals surface area contributed by atoms with E-state index >= 15 is 0 Å². The molecule has 212 valence electrons. The summed E-state index contributed by atoms with van der Waals surface area (Å²) in [4.78, 5) is 23.8. The first-order valence-electron chi connectivity index (χ1n) is 14.7. The zero-order chi connectivity index (χ0) is 27.7. The monoisotopic (exact) mass is 562 g/mol. The summed E-state index contributed by atoms with van der Waals surface area (Å²) >= 11 is 6.29. The van der Waals surface area contributed by atoms with Crippen LogP contribution in [0.3, 0.4) is 0 Å². The van der Waals surface area contributed by atoms with Gasteiger partial charge in [0.15, 0.2) is 0 Å². The summed E-state index contributed by atoms with van der Waals surface area (Å²) in [6, 6.07) is 10.6. The number of piperidine rings is 1. The first kappa shape index (κ1) is 27.3. The van der Waals surface area contributed by atoms with Crippen molar-refractivity contribution in [2.45, 2.75) is 63.6 Å². The zero-order valence-corrected chi connectivity index (χ0v) is 23.7. The summed E-state index contributed by atoms with van der Waals surface area (Å²) in [6.07, 6.45) is 9.37. The number of nitrogens with one attached hydrogen (secondary N) is 3. The number of nitrogens with two attached hydrogens (primary N) is 1. The second-order valence-electron chi connectivity index (χ2n) is 12.5. The highest BCUT2D eigenvalue weighted by Gasteiger charge is 2.55. The van der Waals surface area contributed by atoms with E-state index in [1.54, 1.807) is 6.20 Å². The van der Waals surface area contributed by atoms with Crippen LogP contribution in [0.1, 0.15) is 56.1 Å². The summed E-state index contributed by atoms with van der Waals surface area (Å²) in [5.41, 5.74) is 7.63. The number of anilines is 2.